The summed E-state index contributed by atoms with van der Waals surface area (Å²) in [5.41, 5.74) is 3.54. The number of pyridine rings is 1. The van der Waals surface area contributed by atoms with Crippen LogP contribution in [0.15, 0.2) is 24.3 Å². The van der Waals surface area contributed by atoms with Crippen molar-refractivity contribution in [2.24, 2.45) is 5.41 Å². The van der Waals surface area contributed by atoms with E-state index in [1.807, 2.05) is 11.0 Å². The van der Waals surface area contributed by atoms with Crippen molar-refractivity contribution in [1.82, 2.24) is 9.88 Å². The number of ether oxygens (including phenoxy) is 3. The molecule has 224 valence electrons. The first-order valence-corrected chi connectivity index (χ1v) is 15.0. The van der Waals surface area contributed by atoms with Crippen LogP contribution in [0.5, 0.6) is 5.75 Å². The lowest BCUT2D eigenvalue weighted by atomic mass is 9.82. The molecule has 4 heterocycles. The number of anilines is 1. The monoisotopic (exact) mass is 569 g/mol. The first-order chi connectivity index (χ1) is 19.7. The van der Waals surface area contributed by atoms with Crippen LogP contribution in [0.2, 0.25) is 0 Å². The molecule has 0 aliphatic carbocycles. The van der Waals surface area contributed by atoms with Crippen LogP contribution >= 0.6 is 0 Å². The van der Waals surface area contributed by atoms with Gasteiger partial charge >= 0.3 is 5.97 Å². The summed E-state index contributed by atoms with van der Waals surface area (Å²) < 4.78 is 32.3. The summed E-state index contributed by atoms with van der Waals surface area (Å²) in [6, 6.07) is 5.60. The minimum atomic E-state index is -0.976. The van der Waals surface area contributed by atoms with E-state index in [2.05, 4.69) is 19.2 Å². The van der Waals surface area contributed by atoms with Crippen LogP contribution in [0.3, 0.4) is 0 Å². The van der Waals surface area contributed by atoms with E-state index < -0.39 is 17.8 Å². The van der Waals surface area contributed by atoms with E-state index >= 15 is 0 Å². The minimum Gasteiger partial charge on any atom is -0.496 e. The lowest BCUT2D eigenvalue weighted by Crippen LogP contribution is -2.35. The van der Waals surface area contributed by atoms with Crippen LogP contribution in [0.4, 0.5) is 10.2 Å². The van der Waals surface area contributed by atoms with Crippen molar-refractivity contribution < 1.29 is 28.5 Å². The second-order valence-corrected chi connectivity index (χ2v) is 12.4. The van der Waals surface area contributed by atoms with Crippen LogP contribution in [-0.2, 0) is 27.1 Å². The maximum absolute atomic E-state index is 14.4. The summed E-state index contributed by atoms with van der Waals surface area (Å²) in [6.07, 6.45) is 6.97. The summed E-state index contributed by atoms with van der Waals surface area (Å²) in [5, 5.41) is 13.7. The Labute approximate surface area is 242 Å². The number of halogens is 1. The van der Waals surface area contributed by atoms with Gasteiger partial charge in [-0.3, -0.25) is 9.69 Å². The Kier molecular flexibility index (Phi) is 9.46. The number of hydrogen-bond donors (Lipinski definition) is 2. The summed E-state index contributed by atoms with van der Waals surface area (Å²) in [7, 11) is 1.71. The number of aryl methyl sites for hydroxylation is 1. The summed E-state index contributed by atoms with van der Waals surface area (Å²) in [4.78, 5) is 19.3. The average molecular weight is 570 g/mol. The Morgan fingerprint density at radius 2 is 2.15 bits per heavy atom. The molecule has 0 bridgehead atoms. The van der Waals surface area contributed by atoms with Gasteiger partial charge < -0.3 is 24.6 Å². The molecule has 2 aromatic rings. The van der Waals surface area contributed by atoms with Gasteiger partial charge in [0, 0.05) is 43.6 Å². The molecule has 3 aliphatic heterocycles. The van der Waals surface area contributed by atoms with E-state index in [0.29, 0.717) is 31.9 Å². The molecule has 3 atom stereocenters. The Hall–Kier alpha value is -2.75. The highest BCUT2D eigenvalue weighted by atomic mass is 19.1. The number of nitrogens with one attached hydrogen (secondary N) is 1. The van der Waals surface area contributed by atoms with Gasteiger partial charge in [-0.2, -0.15) is 0 Å². The molecule has 0 spiro atoms. The first-order valence-electron chi connectivity index (χ1n) is 15.0. The standard InChI is InChI=1S/C32H44FN3O5/c1-32(2)13-11-27(41-20-32)24-10-9-21(33)17-26(24)29(31(37)38)36-15-12-23(19-36)40-16-5-4-7-22-18-28(39-3)25-8-6-14-34-30(25)35-22/h9-10,17-18,23,27,29H,4-8,11-16,19-20H2,1-3H3,(H,34,35)(H,37,38)/t23-,27?,29?/m1/s1. The van der Waals surface area contributed by atoms with Crippen LogP contribution in [0, 0.1) is 11.2 Å². The minimum absolute atomic E-state index is 0.0493. The maximum Gasteiger partial charge on any atom is 0.325 e. The van der Waals surface area contributed by atoms with E-state index in [1.165, 1.54) is 12.1 Å². The number of methoxy groups -OCH3 is 1. The third-order valence-electron chi connectivity index (χ3n) is 8.66. The molecule has 3 aliphatic rings. The molecule has 2 unspecified atom stereocenters. The van der Waals surface area contributed by atoms with Gasteiger partial charge in [0.1, 0.15) is 23.4 Å². The molecule has 5 rings (SSSR count). The highest BCUT2D eigenvalue weighted by Gasteiger charge is 2.38. The summed E-state index contributed by atoms with van der Waals surface area (Å²) >= 11 is 0. The summed E-state index contributed by atoms with van der Waals surface area (Å²) in [6.45, 7) is 7.56. The van der Waals surface area contributed by atoms with Crippen molar-refractivity contribution in [3.8, 4) is 5.75 Å². The Balaban J connectivity index is 1.15. The fourth-order valence-electron chi connectivity index (χ4n) is 6.36. The van der Waals surface area contributed by atoms with Gasteiger partial charge in [0.05, 0.1) is 25.9 Å². The first kappa shape index (κ1) is 29.7. The SMILES string of the molecule is COc1cc(CCCCO[C@@H]2CCN(C(C(=O)O)c3cc(F)ccc3C3CCC(C)(C)CO3)C2)nc2c1CCCN2. The van der Waals surface area contributed by atoms with E-state index in [-0.39, 0.29) is 17.6 Å². The third-order valence-corrected chi connectivity index (χ3v) is 8.66. The topological polar surface area (TPSA) is 93.2 Å². The van der Waals surface area contributed by atoms with Crippen molar-refractivity contribution in [2.45, 2.75) is 83.5 Å². The lowest BCUT2D eigenvalue weighted by Gasteiger charge is -2.36. The number of unbranched alkanes of at least 4 members (excludes halogenated alkanes) is 1. The van der Waals surface area contributed by atoms with Crippen LogP contribution in [0.25, 0.3) is 0 Å². The smallest absolute Gasteiger partial charge is 0.325 e. The second kappa shape index (κ2) is 13.0. The van der Waals surface area contributed by atoms with Crippen molar-refractivity contribution in [1.29, 1.82) is 0 Å². The molecule has 0 amide bonds. The lowest BCUT2D eigenvalue weighted by molar-refractivity contribution is -0.143. The number of benzene rings is 1. The molecule has 2 saturated heterocycles. The predicted molar refractivity (Wildman–Crippen MR) is 155 cm³/mol. The molecule has 1 aromatic carbocycles. The highest BCUT2D eigenvalue weighted by molar-refractivity contribution is 5.76. The zero-order valence-electron chi connectivity index (χ0n) is 24.6. The van der Waals surface area contributed by atoms with E-state index in [4.69, 9.17) is 19.2 Å². The second-order valence-electron chi connectivity index (χ2n) is 12.4. The number of carboxylic acids is 1. The fraction of sp³-hybridized carbons (Fsp3) is 0.625. The quantitative estimate of drug-likeness (QED) is 0.333. The Morgan fingerprint density at radius 3 is 2.90 bits per heavy atom. The van der Waals surface area contributed by atoms with E-state index in [1.54, 1.807) is 13.2 Å². The molecule has 1 aromatic heterocycles. The van der Waals surface area contributed by atoms with Gasteiger partial charge in [0.2, 0.25) is 0 Å². The number of carboxylic acid groups (broad SMARTS) is 1. The van der Waals surface area contributed by atoms with Gasteiger partial charge in [-0.1, -0.05) is 19.9 Å². The predicted octanol–water partition coefficient (Wildman–Crippen LogP) is 5.70. The molecule has 2 fully saturated rings. The number of aromatic nitrogens is 1. The zero-order valence-corrected chi connectivity index (χ0v) is 24.6. The normalized spacial score (nSPS) is 23.0. The van der Waals surface area contributed by atoms with Crippen molar-refractivity contribution >= 4 is 11.8 Å². The molecule has 9 heteroatoms. The number of nitrogens with zero attached hydrogens (tertiary/aromatic N) is 2. The number of aliphatic carboxylic acids is 1. The molecule has 2 N–H and O–H groups in total. The molecule has 8 nitrogen and oxygen atoms in total. The van der Waals surface area contributed by atoms with Crippen LogP contribution in [0.1, 0.15) is 86.9 Å². The van der Waals surface area contributed by atoms with Gasteiger partial charge in [-0.05, 0) is 80.0 Å². The van der Waals surface area contributed by atoms with Crippen molar-refractivity contribution in [3.05, 3.63) is 52.5 Å². The van der Waals surface area contributed by atoms with E-state index in [0.717, 1.165) is 86.3 Å². The fourth-order valence-corrected chi connectivity index (χ4v) is 6.36. The van der Waals surface area contributed by atoms with Crippen LogP contribution < -0.4 is 10.1 Å². The van der Waals surface area contributed by atoms with E-state index in [9.17, 15) is 14.3 Å². The zero-order chi connectivity index (χ0) is 29.0. The van der Waals surface area contributed by atoms with Gasteiger partial charge in [0.15, 0.2) is 0 Å². The largest absolute Gasteiger partial charge is 0.496 e. The number of likely N-dealkylation sites (tertiary alicyclic amines) is 1. The van der Waals surface area contributed by atoms with Gasteiger partial charge in [-0.15, -0.1) is 0 Å². The maximum atomic E-state index is 14.4. The molecule has 0 radical (unpaired) electrons. The highest BCUT2D eigenvalue weighted by Crippen LogP contribution is 2.41. The molecular weight excluding hydrogens is 525 g/mol. The number of fused-ring (bicyclic) bond motifs is 1. The van der Waals surface area contributed by atoms with Gasteiger partial charge in [-0.25, -0.2) is 9.37 Å². The molecular formula is C32H44FN3O5. The third kappa shape index (κ3) is 7.19. The van der Waals surface area contributed by atoms with Crippen molar-refractivity contribution in [2.75, 3.05) is 45.3 Å². The average Bonchev–Trinajstić information content (AvgIpc) is 3.41. The number of rotatable bonds is 11. The number of hydrogen-bond acceptors (Lipinski definition) is 7. The molecule has 0 saturated carbocycles. The van der Waals surface area contributed by atoms with Crippen molar-refractivity contribution in [3.63, 3.8) is 0 Å². The summed E-state index contributed by atoms with van der Waals surface area (Å²) in [5.74, 6) is 0.449. The van der Waals surface area contributed by atoms with Gasteiger partial charge in [0.25, 0.3) is 0 Å². The Morgan fingerprint density at radius 1 is 1.29 bits per heavy atom. The van der Waals surface area contributed by atoms with Crippen LogP contribution in [-0.4, -0.2) is 67.0 Å². The molecule has 41 heavy (non-hydrogen) atoms. The number of carbonyl (C=O) groups is 1. The Bertz CT molecular complexity index is 1190.